The molecule has 1 fully saturated rings. The molecule has 0 bridgehead atoms. The molecule has 3 rings (SSSR count). The van der Waals surface area contributed by atoms with E-state index in [2.05, 4.69) is 16.0 Å². The van der Waals surface area contributed by atoms with E-state index in [0.29, 0.717) is 17.3 Å². The molecule has 0 saturated heterocycles. The van der Waals surface area contributed by atoms with Crippen molar-refractivity contribution in [1.29, 1.82) is 0 Å². The third-order valence-corrected chi connectivity index (χ3v) is 4.84. The Labute approximate surface area is 165 Å². The molecule has 4 N–H and O–H groups in total. The van der Waals surface area contributed by atoms with Crippen LogP contribution in [0.4, 0.5) is 10.5 Å². The highest BCUT2D eigenvalue weighted by Crippen LogP contribution is 2.21. The first-order chi connectivity index (χ1) is 13.4. The number of hydrogen-bond donors (Lipinski definition) is 4. The Morgan fingerprint density at radius 2 is 1.86 bits per heavy atom. The molecule has 0 heterocycles. The fraction of sp³-hybridized carbons (Fsp3) is 0.364. The zero-order valence-corrected chi connectivity index (χ0v) is 16.3. The van der Waals surface area contributed by atoms with Crippen molar-refractivity contribution in [2.75, 3.05) is 5.32 Å². The maximum atomic E-state index is 12.3. The maximum Gasteiger partial charge on any atom is 0.319 e. The van der Waals surface area contributed by atoms with E-state index in [-0.39, 0.29) is 23.7 Å². The summed E-state index contributed by atoms with van der Waals surface area (Å²) in [6, 6.07) is 12.4. The second-order valence-corrected chi connectivity index (χ2v) is 7.48. The third-order valence-electron chi connectivity index (χ3n) is 4.84. The van der Waals surface area contributed by atoms with Crippen molar-refractivity contribution in [3.05, 3.63) is 59.2 Å². The van der Waals surface area contributed by atoms with E-state index < -0.39 is 0 Å². The Balaban J connectivity index is 1.51. The minimum atomic E-state index is -0.291. The Morgan fingerprint density at radius 3 is 2.54 bits per heavy atom. The van der Waals surface area contributed by atoms with Crippen LogP contribution in [0.1, 0.15) is 47.7 Å². The average Bonchev–Trinajstić information content (AvgIpc) is 3.47. The molecule has 3 amide bonds. The highest BCUT2D eigenvalue weighted by atomic mass is 16.3. The van der Waals surface area contributed by atoms with E-state index in [4.69, 9.17) is 0 Å². The molecule has 148 valence electrons. The van der Waals surface area contributed by atoms with Crippen LogP contribution in [0.2, 0.25) is 0 Å². The highest BCUT2D eigenvalue weighted by molar-refractivity contribution is 5.97. The second-order valence-electron chi connectivity index (χ2n) is 7.48. The number of anilines is 1. The summed E-state index contributed by atoms with van der Waals surface area (Å²) in [6.45, 7) is 3.85. The van der Waals surface area contributed by atoms with E-state index in [9.17, 15) is 14.7 Å². The fourth-order valence-electron chi connectivity index (χ4n) is 2.89. The van der Waals surface area contributed by atoms with Gasteiger partial charge in [0.25, 0.3) is 5.91 Å². The van der Waals surface area contributed by atoms with Gasteiger partial charge in [-0.2, -0.15) is 0 Å². The number of hydrogen-bond acceptors (Lipinski definition) is 3. The number of benzene rings is 2. The van der Waals surface area contributed by atoms with Crippen molar-refractivity contribution >= 4 is 17.6 Å². The number of carbonyl (C=O) groups excluding carboxylic acids is 2. The maximum absolute atomic E-state index is 12.3. The zero-order valence-electron chi connectivity index (χ0n) is 16.3. The number of urea groups is 1. The zero-order chi connectivity index (χ0) is 20.1. The number of aryl methyl sites for hydroxylation is 2. The van der Waals surface area contributed by atoms with Crippen LogP contribution in [0.5, 0.6) is 5.75 Å². The number of amides is 3. The van der Waals surface area contributed by atoms with Crippen LogP contribution in [-0.4, -0.2) is 29.1 Å². The molecule has 6 nitrogen and oxygen atoms in total. The first-order valence-corrected chi connectivity index (χ1v) is 9.67. The van der Waals surface area contributed by atoms with Gasteiger partial charge < -0.3 is 21.1 Å². The Kier molecular flexibility index (Phi) is 6.19. The van der Waals surface area contributed by atoms with Gasteiger partial charge in [0.15, 0.2) is 0 Å². The van der Waals surface area contributed by atoms with Crippen LogP contribution in [0.25, 0.3) is 0 Å². The summed E-state index contributed by atoms with van der Waals surface area (Å²) in [5.74, 6) is 0.144. The minimum Gasteiger partial charge on any atom is -0.508 e. The smallest absolute Gasteiger partial charge is 0.319 e. The molecule has 1 aliphatic rings. The topological polar surface area (TPSA) is 90.5 Å². The standard InChI is InChI=1S/C22H27N3O3/c1-14-3-8-17(21(27)24-18-9-10-18)13-20(14)25-22(28)23-15(2)4-5-16-6-11-19(26)12-7-16/h3,6-8,11-13,15,18,26H,4-5,9-10H2,1-2H3,(H,24,27)(H2,23,25,28)/t15-/m0/s1. The van der Waals surface area contributed by atoms with Crippen molar-refractivity contribution in [2.45, 2.75) is 51.6 Å². The summed E-state index contributed by atoms with van der Waals surface area (Å²) in [4.78, 5) is 24.6. The summed E-state index contributed by atoms with van der Waals surface area (Å²) in [7, 11) is 0. The summed E-state index contributed by atoms with van der Waals surface area (Å²) < 4.78 is 0. The van der Waals surface area contributed by atoms with E-state index in [1.807, 2.05) is 32.0 Å². The lowest BCUT2D eigenvalue weighted by Gasteiger charge is -2.16. The summed E-state index contributed by atoms with van der Waals surface area (Å²) in [6.07, 6.45) is 3.65. The molecular weight excluding hydrogens is 354 g/mol. The lowest BCUT2D eigenvalue weighted by atomic mass is 10.1. The molecule has 1 saturated carbocycles. The van der Waals surface area contributed by atoms with Gasteiger partial charge in [0, 0.05) is 23.3 Å². The van der Waals surface area contributed by atoms with Crippen LogP contribution in [-0.2, 0) is 6.42 Å². The first kappa shape index (κ1) is 19.7. The van der Waals surface area contributed by atoms with Gasteiger partial charge in [-0.05, 0) is 74.9 Å². The van der Waals surface area contributed by atoms with Gasteiger partial charge in [-0.3, -0.25) is 4.79 Å². The van der Waals surface area contributed by atoms with Gasteiger partial charge in [-0.15, -0.1) is 0 Å². The molecule has 0 aliphatic heterocycles. The predicted octanol–water partition coefficient (Wildman–Crippen LogP) is 3.74. The van der Waals surface area contributed by atoms with Crippen molar-refractivity contribution in [2.24, 2.45) is 0 Å². The highest BCUT2D eigenvalue weighted by Gasteiger charge is 2.24. The second kappa shape index (κ2) is 8.78. The molecule has 6 heteroatoms. The Bertz CT molecular complexity index is 845. The molecule has 2 aromatic rings. The van der Waals surface area contributed by atoms with Gasteiger partial charge in [0.2, 0.25) is 0 Å². The van der Waals surface area contributed by atoms with E-state index in [0.717, 1.165) is 36.8 Å². The van der Waals surface area contributed by atoms with Gasteiger partial charge in [0.1, 0.15) is 5.75 Å². The molecule has 0 radical (unpaired) electrons. The molecule has 28 heavy (non-hydrogen) atoms. The quantitative estimate of drug-likeness (QED) is 0.589. The van der Waals surface area contributed by atoms with Gasteiger partial charge in [-0.1, -0.05) is 18.2 Å². The number of aromatic hydroxyl groups is 1. The van der Waals surface area contributed by atoms with Crippen LogP contribution in [0.15, 0.2) is 42.5 Å². The van der Waals surface area contributed by atoms with Crippen LogP contribution in [0, 0.1) is 6.92 Å². The average molecular weight is 381 g/mol. The van der Waals surface area contributed by atoms with E-state index in [1.165, 1.54) is 0 Å². The van der Waals surface area contributed by atoms with Crippen molar-refractivity contribution in [3.63, 3.8) is 0 Å². The largest absolute Gasteiger partial charge is 0.508 e. The predicted molar refractivity (Wildman–Crippen MR) is 110 cm³/mol. The van der Waals surface area contributed by atoms with Crippen LogP contribution in [0.3, 0.4) is 0 Å². The Morgan fingerprint density at radius 1 is 1.14 bits per heavy atom. The van der Waals surface area contributed by atoms with E-state index in [1.54, 1.807) is 24.3 Å². The van der Waals surface area contributed by atoms with Crippen molar-refractivity contribution < 1.29 is 14.7 Å². The molecular formula is C22H27N3O3. The molecule has 0 aromatic heterocycles. The first-order valence-electron chi connectivity index (χ1n) is 9.67. The Hall–Kier alpha value is -3.02. The van der Waals surface area contributed by atoms with Gasteiger partial charge in [-0.25, -0.2) is 4.79 Å². The number of rotatable bonds is 7. The van der Waals surface area contributed by atoms with Gasteiger partial charge in [0.05, 0.1) is 0 Å². The molecule has 1 aliphatic carbocycles. The van der Waals surface area contributed by atoms with Gasteiger partial charge >= 0.3 is 6.03 Å². The molecule has 1 atom stereocenters. The lowest BCUT2D eigenvalue weighted by Crippen LogP contribution is -2.36. The summed E-state index contributed by atoms with van der Waals surface area (Å²) in [5, 5.41) is 18.1. The molecule has 0 spiro atoms. The third kappa shape index (κ3) is 5.74. The summed E-state index contributed by atoms with van der Waals surface area (Å²) in [5.41, 5.74) is 3.19. The van der Waals surface area contributed by atoms with Crippen molar-refractivity contribution in [1.82, 2.24) is 10.6 Å². The molecule has 2 aromatic carbocycles. The normalized spacial score (nSPS) is 14.2. The number of phenolic OH excluding ortho intramolecular Hbond substituents is 1. The number of carbonyl (C=O) groups is 2. The van der Waals surface area contributed by atoms with Crippen LogP contribution < -0.4 is 16.0 Å². The fourth-order valence-corrected chi connectivity index (χ4v) is 2.89. The van der Waals surface area contributed by atoms with Crippen molar-refractivity contribution in [3.8, 4) is 5.75 Å². The lowest BCUT2D eigenvalue weighted by molar-refractivity contribution is 0.0951. The monoisotopic (exact) mass is 381 g/mol. The number of nitrogens with one attached hydrogen (secondary N) is 3. The SMILES string of the molecule is Cc1ccc(C(=O)NC2CC2)cc1NC(=O)N[C@@H](C)CCc1ccc(O)cc1. The number of phenols is 1. The molecule has 0 unspecified atom stereocenters. The van der Waals surface area contributed by atoms with Crippen LogP contribution >= 0.6 is 0 Å². The minimum absolute atomic E-state index is 0.0181. The van der Waals surface area contributed by atoms with E-state index >= 15 is 0 Å². The summed E-state index contributed by atoms with van der Waals surface area (Å²) >= 11 is 0.